The van der Waals surface area contributed by atoms with Crippen LogP contribution < -0.4 is 0 Å². The summed E-state index contributed by atoms with van der Waals surface area (Å²) in [6.45, 7) is 7.00. The van der Waals surface area contributed by atoms with Crippen LogP contribution in [-0.2, 0) is 6.54 Å². The van der Waals surface area contributed by atoms with Crippen LogP contribution in [0, 0.1) is 20.8 Å². The summed E-state index contributed by atoms with van der Waals surface area (Å²) in [7, 11) is 0. The minimum Gasteiger partial charge on any atom is -0.329 e. The van der Waals surface area contributed by atoms with E-state index in [9.17, 15) is 0 Å². The average Bonchev–Trinajstić information content (AvgIpc) is 2.85. The molecule has 0 radical (unpaired) electrons. The highest BCUT2D eigenvalue weighted by Crippen LogP contribution is 2.15. The zero-order chi connectivity index (χ0) is 12.7. The van der Waals surface area contributed by atoms with Crippen molar-refractivity contribution in [2.75, 3.05) is 0 Å². The first kappa shape index (κ1) is 11.0. The summed E-state index contributed by atoms with van der Waals surface area (Å²) in [6.07, 6.45) is 3.95. The van der Waals surface area contributed by atoms with E-state index in [1.54, 1.807) is 0 Å². The third-order valence-electron chi connectivity index (χ3n) is 3.49. The Morgan fingerprint density at radius 2 is 1.94 bits per heavy atom. The molecule has 0 aliphatic heterocycles. The van der Waals surface area contributed by atoms with Crippen molar-refractivity contribution in [3.8, 4) is 0 Å². The van der Waals surface area contributed by atoms with Crippen LogP contribution in [0.5, 0.6) is 0 Å². The smallest absolute Gasteiger partial charge is 0.137 e. The molecular formula is C14H16N4. The number of imidazole rings is 2. The second kappa shape index (κ2) is 3.98. The van der Waals surface area contributed by atoms with E-state index in [0.29, 0.717) is 0 Å². The fourth-order valence-corrected chi connectivity index (χ4v) is 2.22. The van der Waals surface area contributed by atoms with Gasteiger partial charge in [0.05, 0.1) is 30.0 Å². The fraction of sp³-hybridized carbons (Fsp3) is 0.286. The molecule has 0 saturated carbocycles. The number of aryl methyl sites for hydroxylation is 2. The Kier molecular flexibility index (Phi) is 2.44. The Morgan fingerprint density at radius 1 is 1.11 bits per heavy atom. The van der Waals surface area contributed by atoms with E-state index in [0.717, 1.165) is 23.6 Å². The molecule has 0 bridgehead atoms. The third-order valence-corrected chi connectivity index (χ3v) is 3.49. The van der Waals surface area contributed by atoms with Crippen LogP contribution in [0.1, 0.15) is 22.8 Å². The quantitative estimate of drug-likeness (QED) is 0.690. The summed E-state index contributed by atoms with van der Waals surface area (Å²) in [5.41, 5.74) is 5.58. The van der Waals surface area contributed by atoms with Gasteiger partial charge in [0.2, 0.25) is 0 Å². The van der Waals surface area contributed by atoms with Crippen molar-refractivity contribution >= 4 is 5.65 Å². The van der Waals surface area contributed by atoms with Crippen LogP contribution in [-0.4, -0.2) is 18.9 Å². The molecule has 3 heterocycles. The first-order valence-corrected chi connectivity index (χ1v) is 6.07. The molecular weight excluding hydrogens is 224 g/mol. The monoisotopic (exact) mass is 240 g/mol. The van der Waals surface area contributed by atoms with Crippen LogP contribution in [0.3, 0.4) is 0 Å². The molecule has 4 heteroatoms. The van der Waals surface area contributed by atoms with Gasteiger partial charge in [-0.05, 0) is 32.9 Å². The van der Waals surface area contributed by atoms with E-state index in [1.807, 2.05) is 31.5 Å². The summed E-state index contributed by atoms with van der Waals surface area (Å²) in [5.74, 6) is 0. The molecule has 0 amide bonds. The lowest BCUT2D eigenvalue weighted by atomic mass is 10.3. The van der Waals surface area contributed by atoms with Crippen molar-refractivity contribution < 1.29 is 0 Å². The minimum atomic E-state index is 0.809. The molecule has 18 heavy (non-hydrogen) atoms. The molecule has 4 nitrogen and oxygen atoms in total. The van der Waals surface area contributed by atoms with Crippen LogP contribution >= 0.6 is 0 Å². The van der Waals surface area contributed by atoms with Crippen molar-refractivity contribution in [3.63, 3.8) is 0 Å². The summed E-state index contributed by atoms with van der Waals surface area (Å²) in [5, 5.41) is 0. The first-order valence-electron chi connectivity index (χ1n) is 6.07. The van der Waals surface area contributed by atoms with Crippen molar-refractivity contribution in [2.24, 2.45) is 0 Å². The number of hydrogen-bond acceptors (Lipinski definition) is 2. The number of aromatic nitrogens is 4. The van der Waals surface area contributed by atoms with Gasteiger partial charge in [-0.2, -0.15) is 0 Å². The molecule has 3 aromatic heterocycles. The van der Waals surface area contributed by atoms with Gasteiger partial charge in [0.1, 0.15) is 5.65 Å². The van der Waals surface area contributed by atoms with Crippen molar-refractivity contribution in [1.82, 2.24) is 18.9 Å². The molecule has 92 valence electrons. The van der Waals surface area contributed by atoms with E-state index < -0.39 is 0 Å². The molecule has 0 atom stereocenters. The summed E-state index contributed by atoms with van der Waals surface area (Å²) >= 11 is 0. The number of rotatable bonds is 2. The Bertz CT molecular complexity index is 706. The average molecular weight is 240 g/mol. The summed E-state index contributed by atoms with van der Waals surface area (Å²) in [4.78, 5) is 8.91. The van der Waals surface area contributed by atoms with E-state index >= 15 is 0 Å². The standard InChI is InChI=1S/C14H16N4/c1-10-12(3)17(9-15-10)8-13-11(2)16-14-6-4-5-7-18(13)14/h4-7,9H,8H2,1-3H3. The molecule has 0 aromatic carbocycles. The number of nitrogens with zero attached hydrogens (tertiary/aromatic N) is 4. The van der Waals surface area contributed by atoms with Gasteiger partial charge in [0, 0.05) is 11.9 Å². The second-order valence-electron chi connectivity index (χ2n) is 4.62. The van der Waals surface area contributed by atoms with Crippen molar-refractivity contribution in [1.29, 1.82) is 0 Å². The number of hydrogen-bond donors (Lipinski definition) is 0. The molecule has 0 N–H and O–H groups in total. The highest BCUT2D eigenvalue weighted by atomic mass is 15.1. The Labute approximate surface area is 106 Å². The maximum Gasteiger partial charge on any atom is 0.137 e. The lowest BCUT2D eigenvalue weighted by Gasteiger charge is -2.06. The Hall–Kier alpha value is -2.10. The predicted molar refractivity (Wildman–Crippen MR) is 70.7 cm³/mol. The molecule has 0 saturated heterocycles. The summed E-state index contributed by atoms with van der Waals surface area (Å²) in [6, 6.07) is 6.07. The lowest BCUT2D eigenvalue weighted by Crippen LogP contribution is -2.04. The van der Waals surface area contributed by atoms with Crippen molar-refractivity contribution in [2.45, 2.75) is 27.3 Å². The van der Waals surface area contributed by atoms with E-state index in [1.165, 1.54) is 11.4 Å². The normalized spacial score (nSPS) is 11.3. The molecule has 0 spiro atoms. The maximum absolute atomic E-state index is 4.57. The van der Waals surface area contributed by atoms with Crippen molar-refractivity contribution in [3.05, 3.63) is 53.5 Å². The van der Waals surface area contributed by atoms with Crippen LogP contribution in [0.25, 0.3) is 5.65 Å². The van der Waals surface area contributed by atoms with E-state index in [-0.39, 0.29) is 0 Å². The zero-order valence-corrected chi connectivity index (χ0v) is 10.9. The molecule has 0 fully saturated rings. The topological polar surface area (TPSA) is 35.1 Å². The molecule has 3 rings (SSSR count). The molecule has 0 aliphatic carbocycles. The van der Waals surface area contributed by atoms with Gasteiger partial charge >= 0.3 is 0 Å². The van der Waals surface area contributed by atoms with Crippen LogP contribution in [0.2, 0.25) is 0 Å². The predicted octanol–water partition coefficient (Wildman–Crippen LogP) is 2.50. The molecule has 3 aromatic rings. The zero-order valence-electron chi connectivity index (χ0n) is 10.9. The largest absolute Gasteiger partial charge is 0.329 e. The number of pyridine rings is 1. The maximum atomic E-state index is 4.57. The van der Waals surface area contributed by atoms with Gasteiger partial charge in [-0.1, -0.05) is 6.07 Å². The van der Waals surface area contributed by atoms with Crippen LogP contribution in [0.4, 0.5) is 0 Å². The van der Waals surface area contributed by atoms with Gasteiger partial charge in [0.25, 0.3) is 0 Å². The Morgan fingerprint density at radius 3 is 2.67 bits per heavy atom. The highest BCUT2D eigenvalue weighted by Gasteiger charge is 2.10. The van der Waals surface area contributed by atoms with Gasteiger partial charge in [-0.15, -0.1) is 0 Å². The molecule has 0 unspecified atom stereocenters. The van der Waals surface area contributed by atoms with E-state index in [4.69, 9.17) is 0 Å². The first-order chi connectivity index (χ1) is 8.66. The lowest BCUT2D eigenvalue weighted by molar-refractivity contribution is 0.736. The molecule has 0 aliphatic rings. The minimum absolute atomic E-state index is 0.809. The highest BCUT2D eigenvalue weighted by molar-refractivity contribution is 5.42. The Balaban J connectivity index is 2.10. The fourth-order valence-electron chi connectivity index (χ4n) is 2.22. The van der Waals surface area contributed by atoms with Gasteiger partial charge in [-0.25, -0.2) is 9.97 Å². The number of fused-ring (bicyclic) bond motifs is 1. The van der Waals surface area contributed by atoms with Gasteiger partial charge in [-0.3, -0.25) is 0 Å². The SMILES string of the molecule is Cc1ncn(Cc2c(C)nc3ccccn23)c1C. The van der Waals surface area contributed by atoms with Gasteiger partial charge < -0.3 is 8.97 Å². The summed E-state index contributed by atoms with van der Waals surface area (Å²) < 4.78 is 4.31. The third kappa shape index (κ3) is 1.61. The second-order valence-corrected chi connectivity index (χ2v) is 4.62. The van der Waals surface area contributed by atoms with Gasteiger partial charge in [0.15, 0.2) is 0 Å². The van der Waals surface area contributed by atoms with Crippen LogP contribution in [0.15, 0.2) is 30.7 Å². The van der Waals surface area contributed by atoms with E-state index in [2.05, 4.69) is 39.0 Å².